The summed E-state index contributed by atoms with van der Waals surface area (Å²) in [5.74, 6) is 0.309. The Hall–Kier alpha value is -2.31. The molecule has 0 amide bonds. The lowest BCUT2D eigenvalue weighted by atomic mass is 10.0. The van der Waals surface area contributed by atoms with Gasteiger partial charge >= 0.3 is 0 Å². The fourth-order valence-corrected chi connectivity index (χ4v) is 4.08. The lowest BCUT2D eigenvalue weighted by Crippen LogP contribution is -2.21. The highest BCUT2D eigenvalue weighted by atomic mass is 32.2. The molecule has 0 aliphatic heterocycles. The largest absolute Gasteiger partial charge is 0.306 e. The van der Waals surface area contributed by atoms with E-state index in [-0.39, 0.29) is 23.3 Å². The van der Waals surface area contributed by atoms with Crippen LogP contribution in [0.1, 0.15) is 33.5 Å². The van der Waals surface area contributed by atoms with Gasteiger partial charge < -0.3 is 4.98 Å². The van der Waals surface area contributed by atoms with Gasteiger partial charge in [-0.2, -0.15) is 0 Å². The summed E-state index contributed by atoms with van der Waals surface area (Å²) in [6, 6.07) is 14.0. The number of thioether (sulfide) groups is 2. The van der Waals surface area contributed by atoms with Crippen molar-refractivity contribution < 1.29 is 4.79 Å². The minimum absolute atomic E-state index is 0.158. The Bertz CT molecular complexity index is 1090. The normalized spacial score (nSPS) is 10.9. The molecule has 0 bridgehead atoms. The smallest absolute Gasteiger partial charge is 0.263 e. The number of nitrogens with one attached hydrogen (secondary N) is 1. The highest BCUT2D eigenvalue weighted by Gasteiger charge is 2.19. The Balaban J connectivity index is 1.85. The van der Waals surface area contributed by atoms with Gasteiger partial charge in [-0.1, -0.05) is 30.3 Å². The molecule has 150 valence electrons. The van der Waals surface area contributed by atoms with E-state index < -0.39 is 0 Å². The number of ketones is 1. The number of carbonyl (C=O) groups is 1. The van der Waals surface area contributed by atoms with Gasteiger partial charge in [-0.15, -0.1) is 23.5 Å². The second-order valence-electron chi connectivity index (χ2n) is 6.87. The number of carbonyl (C=O) groups excluding carboxylic acids is 1. The van der Waals surface area contributed by atoms with Crippen LogP contribution in [-0.4, -0.2) is 28.3 Å². The van der Waals surface area contributed by atoms with Gasteiger partial charge in [0.2, 0.25) is 0 Å². The van der Waals surface area contributed by atoms with Gasteiger partial charge in [0.05, 0.1) is 0 Å². The third-order valence-electron chi connectivity index (χ3n) is 4.93. The molecule has 3 aromatic rings. The summed E-state index contributed by atoms with van der Waals surface area (Å²) in [5.41, 5.74) is 4.14. The number of H-pyrrole nitrogens is 1. The topological polar surface area (TPSA) is 62.8 Å². The van der Waals surface area contributed by atoms with E-state index in [2.05, 4.69) is 35.9 Å². The Morgan fingerprint density at radius 2 is 1.72 bits per heavy atom. The van der Waals surface area contributed by atoms with E-state index in [4.69, 9.17) is 0 Å². The van der Waals surface area contributed by atoms with E-state index in [1.807, 2.05) is 42.8 Å². The van der Waals surface area contributed by atoms with Crippen molar-refractivity contribution in [2.45, 2.75) is 36.6 Å². The van der Waals surface area contributed by atoms with E-state index in [0.29, 0.717) is 17.3 Å². The summed E-state index contributed by atoms with van der Waals surface area (Å²) in [6.45, 7) is 4.13. The first-order valence-electron chi connectivity index (χ1n) is 9.35. The molecule has 0 aliphatic rings. The van der Waals surface area contributed by atoms with E-state index in [1.165, 1.54) is 22.9 Å². The standard InChI is InChI=1S/C23H24N2O2S2/c1-14-5-6-16(13-15(14)2)7-12-19(26)20-22(27)24-21(25-23(20)29-4)17-8-10-18(28-3)11-9-17/h5-6,8-11,13H,7,12H2,1-4H3,(H,24,25,27). The number of benzene rings is 2. The van der Waals surface area contributed by atoms with E-state index in [1.54, 1.807) is 11.8 Å². The van der Waals surface area contributed by atoms with Crippen LogP contribution in [0, 0.1) is 13.8 Å². The molecular formula is C23H24N2O2S2. The second-order valence-corrected chi connectivity index (χ2v) is 8.54. The molecule has 0 saturated carbocycles. The lowest BCUT2D eigenvalue weighted by Gasteiger charge is -2.09. The zero-order valence-electron chi connectivity index (χ0n) is 17.0. The Labute approximate surface area is 179 Å². The van der Waals surface area contributed by atoms with Crippen molar-refractivity contribution in [3.05, 3.63) is 75.1 Å². The average Bonchev–Trinajstić information content (AvgIpc) is 2.73. The summed E-state index contributed by atoms with van der Waals surface area (Å²) in [7, 11) is 0. The number of rotatable bonds is 7. The molecule has 0 saturated heterocycles. The molecule has 0 atom stereocenters. The number of Topliss-reactive ketones (excluding diaryl/α,β-unsaturated/α-hetero) is 1. The van der Waals surface area contributed by atoms with Crippen LogP contribution in [0.3, 0.4) is 0 Å². The maximum Gasteiger partial charge on any atom is 0.263 e. The molecule has 2 aromatic carbocycles. The summed E-state index contributed by atoms with van der Waals surface area (Å²) in [4.78, 5) is 34.0. The van der Waals surface area contributed by atoms with Gasteiger partial charge in [0.1, 0.15) is 16.4 Å². The number of hydrogen-bond acceptors (Lipinski definition) is 5. The maximum absolute atomic E-state index is 12.8. The summed E-state index contributed by atoms with van der Waals surface area (Å²) in [6.07, 6.45) is 4.73. The zero-order chi connectivity index (χ0) is 21.0. The van der Waals surface area contributed by atoms with Gasteiger partial charge in [-0.25, -0.2) is 4.98 Å². The zero-order valence-corrected chi connectivity index (χ0v) is 18.7. The fraction of sp³-hybridized carbons (Fsp3) is 0.261. The SMILES string of the molecule is CSc1ccc(-c2nc(SC)c(C(=O)CCc3ccc(C)c(C)c3)c(=O)[nH]2)cc1. The first kappa shape index (κ1) is 21.4. The minimum Gasteiger partial charge on any atom is -0.306 e. The van der Waals surface area contributed by atoms with E-state index in [9.17, 15) is 9.59 Å². The third kappa shape index (κ3) is 5.00. The van der Waals surface area contributed by atoms with E-state index in [0.717, 1.165) is 16.0 Å². The lowest BCUT2D eigenvalue weighted by molar-refractivity contribution is 0.0977. The Kier molecular flexibility index (Phi) is 6.98. The predicted molar refractivity (Wildman–Crippen MR) is 122 cm³/mol. The molecule has 0 aliphatic carbocycles. The highest BCUT2D eigenvalue weighted by molar-refractivity contribution is 7.98. The van der Waals surface area contributed by atoms with Crippen molar-refractivity contribution in [3.8, 4) is 11.4 Å². The fourth-order valence-electron chi connectivity index (χ4n) is 3.07. The monoisotopic (exact) mass is 424 g/mol. The molecule has 0 unspecified atom stereocenters. The first-order valence-corrected chi connectivity index (χ1v) is 11.8. The van der Waals surface area contributed by atoms with Gasteiger partial charge in [-0.3, -0.25) is 9.59 Å². The molecule has 3 rings (SSSR count). The van der Waals surface area contributed by atoms with Crippen molar-refractivity contribution in [2.24, 2.45) is 0 Å². The summed E-state index contributed by atoms with van der Waals surface area (Å²) in [5, 5.41) is 0.475. The van der Waals surface area contributed by atoms with Crippen LogP contribution in [0.15, 0.2) is 57.2 Å². The highest BCUT2D eigenvalue weighted by Crippen LogP contribution is 2.23. The van der Waals surface area contributed by atoms with Crippen LogP contribution in [0.4, 0.5) is 0 Å². The van der Waals surface area contributed by atoms with Crippen molar-refractivity contribution in [1.29, 1.82) is 0 Å². The van der Waals surface area contributed by atoms with Crippen LogP contribution >= 0.6 is 23.5 Å². The molecule has 1 N–H and O–H groups in total. The Morgan fingerprint density at radius 3 is 2.34 bits per heavy atom. The van der Waals surface area contributed by atoms with Gasteiger partial charge in [0, 0.05) is 16.9 Å². The van der Waals surface area contributed by atoms with E-state index >= 15 is 0 Å². The van der Waals surface area contributed by atoms with Crippen LogP contribution < -0.4 is 5.56 Å². The summed E-state index contributed by atoms with van der Waals surface area (Å²) < 4.78 is 0. The molecule has 6 heteroatoms. The molecular weight excluding hydrogens is 400 g/mol. The maximum atomic E-state index is 12.8. The van der Waals surface area contributed by atoms with Crippen molar-refractivity contribution in [2.75, 3.05) is 12.5 Å². The van der Waals surface area contributed by atoms with Gasteiger partial charge in [0.15, 0.2) is 5.78 Å². The molecule has 1 aromatic heterocycles. The third-order valence-corrected chi connectivity index (χ3v) is 6.36. The average molecular weight is 425 g/mol. The molecule has 4 nitrogen and oxygen atoms in total. The number of hydrogen-bond donors (Lipinski definition) is 1. The first-order chi connectivity index (χ1) is 13.9. The molecule has 29 heavy (non-hydrogen) atoms. The number of nitrogens with zero attached hydrogens (tertiary/aromatic N) is 1. The Morgan fingerprint density at radius 1 is 1.00 bits per heavy atom. The predicted octanol–water partition coefficient (Wildman–Crippen LogP) is 5.31. The van der Waals surface area contributed by atoms with Crippen molar-refractivity contribution in [1.82, 2.24) is 9.97 Å². The molecule has 1 heterocycles. The van der Waals surface area contributed by atoms with Crippen LogP contribution in [0.5, 0.6) is 0 Å². The van der Waals surface area contributed by atoms with Crippen molar-refractivity contribution >= 4 is 29.3 Å². The van der Waals surface area contributed by atoms with Gasteiger partial charge in [-0.05, 0) is 61.6 Å². The van der Waals surface area contributed by atoms with Crippen molar-refractivity contribution in [3.63, 3.8) is 0 Å². The number of aryl methyl sites for hydroxylation is 3. The summed E-state index contributed by atoms with van der Waals surface area (Å²) >= 11 is 2.98. The molecule has 0 fully saturated rings. The second kappa shape index (κ2) is 9.46. The quantitative estimate of drug-likeness (QED) is 0.316. The van der Waals surface area contributed by atoms with Crippen LogP contribution in [0.25, 0.3) is 11.4 Å². The van der Waals surface area contributed by atoms with Crippen LogP contribution in [-0.2, 0) is 6.42 Å². The number of aromatic amines is 1. The molecule has 0 radical (unpaired) electrons. The van der Waals surface area contributed by atoms with Gasteiger partial charge in [0.25, 0.3) is 5.56 Å². The minimum atomic E-state index is -0.377. The molecule has 0 spiro atoms. The number of aromatic nitrogens is 2. The van der Waals surface area contributed by atoms with Crippen LogP contribution in [0.2, 0.25) is 0 Å².